The average Bonchev–Trinajstić information content (AvgIpc) is 2.44. The zero-order valence-corrected chi connectivity index (χ0v) is 13.0. The predicted octanol–water partition coefficient (Wildman–Crippen LogP) is 2.99. The average molecular weight is 320 g/mol. The van der Waals surface area contributed by atoms with Crippen LogP contribution in [0.2, 0.25) is 0 Å². The molecular weight excluding hydrogens is 302 g/mol. The number of rotatable bonds is 2. The molecule has 1 saturated heterocycles. The Morgan fingerprint density at radius 1 is 1.24 bits per heavy atom. The first-order chi connectivity index (χ1) is 7.76. The van der Waals surface area contributed by atoms with Gasteiger partial charge in [0, 0.05) is 23.9 Å². The first kappa shape index (κ1) is 13.2. The minimum atomic E-state index is 0.0916. The van der Waals surface area contributed by atoms with Crippen molar-refractivity contribution in [1.29, 1.82) is 0 Å². The lowest BCUT2D eigenvalue weighted by molar-refractivity contribution is 0.0553. The largest absolute Gasteiger partial charge is 0.465 e. The molecule has 17 heavy (non-hydrogen) atoms. The molecule has 0 radical (unpaired) electrons. The Bertz CT molecular complexity index is 389. The molecule has 0 aliphatic carbocycles. The van der Waals surface area contributed by atoms with Gasteiger partial charge in [0.1, 0.15) is 6.10 Å². The van der Waals surface area contributed by atoms with E-state index in [9.17, 15) is 0 Å². The Hall–Kier alpha value is -0.200. The Balaban J connectivity index is 2.06. The van der Waals surface area contributed by atoms with E-state index >= 15 is 0 Å². The fourth-order valence-electron chi connectivity index (χ4n) is 2.70. The summed E-state index contributed by atoms with van der Waals surface area (Å²) in [6.45, 7) is 8.83. The molecule has 0 saturated carbocycles. The van der Waals surface area contributed by atoms with Crippen LogP contribution in [0.5, 0.6) is 5.19 Å². The number of hydrogen-bond acceptors (Lipinski definition) is 5. The van der Waals surface area contributed by atoms with Gasteiger partial charge in [0.25, 0.3) is 5.19 Å². The molecule has 0 bridgehead atoms. The number of ether oxygens (including phenoxy) is 1. The molecule has 1 N–H and O–H groups in total. The lowest BCUT2D eigenvalue weighted by atomic mass is 9.81. The number of halogens is 1. The second-order valence-corrected chi connectivity index (χ2v) is 8.08. The first-order valence-electron chi connectivity index (χ1n) is 5.71. The Morgan fingerprint density at radius 3 is 2.29 bits per heavy atom. The van der Waals surface area contributed by atoms with Crippen molar-refractivity contribution in [3.63, 3.8) is 0 Å². The molecule has 0 amide bonds. The molecule has 1 aromatic heterocycles. The normalized spacial score (nSPS) is 23.6. The van der Waals surface area contributed by atoms with Gasteiger partial charge in [-0.15, -0.1) is 5.10 Å². The summed E-state index contributed by atoms with van der Waals surface area (Å²) in [6, 6.07) is 0. The third-order valence-electron chi connectivity index (χ3n) is 2.80. The van der Waals surface area contributed by atoms with Crippen molar-refractivity contribution in [2.24, 2.45) is 0 Å². The third kappa shape index (κ3) is 3.63. The second-order valence-electron chi connectivity index (χ2n) is 5.86. The highest BCUT2D eigenvalue weighted by Crippen LogP contribution is 2.32. The van der Waals surface area contributed by atoms with Crippen LogP contribution >= 0.6 is 27.3 Å². The van der Waals surface area contributed by atoms with Gasteiger partial charge < -0.3 is 10.1 Å². The molecule has 6 heteroatoms. The minimum absolute atomic E-state index is 0.0916. The van der Waals surface area contributed by atoms with Gasteiger partial charge >= 0.3 is 0 Å². The van der Waals surface area contributed by atoms with E-state index in [1.807, 2.05) is 0 Å². The molecule has 2 heterocycles. The van der Waals surface area contributed by atoms with Gasteiger partial charge in [-0.1, -0.05) is 5.10 Å². The van der Waals surface area contributed by atoms with E-state index in [0.29, 0.717) is 5.19 Å². The number of hydrogen-bond donors (Lipinski definition) is 1. The Morgan fingerprint density at radius 2 is 1.82 bits per heavy atom. The van der Waals surface area contributed by atoms with Gasteiger partial charge in [0.05, 0.1) is 0 Å². The topological polar surface area (TPSA) is 47.0 Å². The molecule has 1 aromatic rings. The highest BCUT2D eigenvalue weighted by Gasteiger charge is 2.39. The SMILES string of the molecule is CC1(C)CC(Oc2nnc(Br)s2)CC(C)(C)N1. The maximum Gasteiger partial charge on any atom is 0.295 e. The third-order valence-corrected chi connectivity index (χ3v) is 4.05. The molecular formula is C11H18BrN3OS. The van der Waals surface area contributed by atoms with Crippen LogP contribution in [0.25, 0.3) is 0 Å². The van der Waals surface area contributed by atoms with E-state index in [0.717, 1.165) is 16.8 Å². The van der Waals surface area contributed by atoms with Crippen molar-refractivity contribution in [3.8, 4) is 5.19 Å². The fraction of sp³-hybridized carbons (Fsp3) is 0.818. The van der Waals surface area contributed by atoms with Crippen LogP contribution in [0.3, 0.4) is 0 Å². The van der Waals surface area contributed by atoms with Crippen molar-refractivity contribution in [2.45, 2.75) is 57.7 Å². The number of nitrogens with zero attached hydrogens (tertiary/aromatic N) is 2. The highest BCUT2D eigenvalue weighted by molar-refractivity contribution is 9.11. The van der Waals surface area contributed by atoms with Crippen molar-refractivity contribution in [1.82, 2.24) is 15.5 Å². The molecule has 0 unspecified atom stereocenters. The van der Waals surface area contributed by atoms with Gasteiger partial charge in [-0.2, -0.15) is 0 Å². The summed E-state index contributed by atoms with van der Waals surface area (Å²) in [5, 5.41) is 12.2. The molecule has 0 atom stereocenters. The molecule has 1 aliphatic heterocycles. The predicted molar refractivity (Wildman–Crippen MR) is 72.6 cm³/mol. The van der Waals surface area contributed by atoms with Gasteiger partial charge in [-0.25, -0.2) is 0 Å². The Labute approximate surface area is 114 Å². The van der Waals surface area contributed by atoms with Crippen LogP contribution in [0.15, 0.2) is 3.92 Å². The zero-order valence-electron chi connectivity index (χ0n) is 10.6. The fourth-order valence-corrected chi connectivity index (χ4v) is 3.68. The van der Waals surface area contributed by atoms with Gasteiger partial charge in [0.2, 0.25) is 0 Å². The molecule has 96 valence electrons. The molecule has 0 spiro atoms. The van der Waals surface area contributed by atoms with Crippen molar-refractivity contribution >= 4 is 27.3 Å². The van der Waals surface area contributed by atoms with Crippen LogP contribution in [-0.4, -0.2) is 27.4 Å². The summed E-state index contributed by atoms with van der Waals surface area (Å²) in [6.07, 6.45) is 2.16. The molecule has 2 rings (SSSR count). The van der Waals surface area contributed by atoms with Gasteiger partial charge in [-0.3, -0.25) is 0 Å². The Kier molecular flexibility index (Phi) is 3.49. The number of piperidine rings is 1. The van der Waals surface area contributed by atoms with E-state index in [1.165, 1.54) is 11.3 Å². The number of aromatic nitrogens is 2. The van der Waals surface area contributed by atoms with Crippen LogP contribution < -0.4 is 10.1 Å². The summed E-state index contributed by atoms with van der Waals surface area (Å²) in [5.41, 5.74) is 0.183. The van der Waals surface area contributed by atoms with Gasteiger partial charge in [0.15, 0.2) is 3.92 Å². The lowest BCUT2D eigenvalue weighted by Gasteiger charge is -2.45. The minimum Gasteiger partial charge on any atom is -0.465 e. The van der Waals surface area contributed by atoms with Crippen LogP contribution in [0.1, 0.15) is 40.5 Å². The molecule has 4 nitrogen and oxygen atoms in total. The van der Waals surface area contributed by atoms with E-state index in [1.54, 1.807) is 0 Å². The monoisotopic (exact) mass is 319 g/mol. The van der Waals surface area contributed by atoms with Gasteiger partial charge in [-0.05, 0) is 55.0 Å². The van der Waals surface area contributed by atoms with Crippen LogP contribution in [0, 0.1) is 0 Å². The smallest absolute Gasteiger partial charge is 0.295 e. The van der Waals surface area contributed by atoms with Crippen molar-refractivity contribution in [3.05, 3.63) is 3.92 Å². The summed E-state index contributed by atoms with van der Waals surface area (Å²) in [5.74, 6) is 0. The van der Waals surface area contributed by atoms with Crippen LogP contribution in [-0.2, 0) is 0 Å². The highest BCUT2D eigenvalue weighted by atomic mass is 79.9. The van der Waals surface area contributed by atoms with E-state index in [4.69, 9.17) is 4.74 Å². The summed E-state index contributed by atoms with van der Waals surface area (Å²) < 4.78 is 6.69. The molecule has 0 aromatic carbocycles. The van der Waals surface area contributed by atoms with E-state index in [-0.39, 0.29) is 17.2 Å². The molecule has 1 aliphatic rings. The number of nitrogens with one attached hydrogen (secondary N) is 1. The maximum atomic E-state index is 5.92. The van der Waals surface area contributed by atoms with Crippen molar-refractivity contribution < 1.29 is 4.74 Å². The second kappa shape index (κ2) is 4.48. The molecule has 1 fully saturated rings. The van der Waals surface area contributed by atoms with Crippen molar-refractivity contribution in [2.75, 3.05) is 0 Å². The standard InChI is InChI=1S/C11H18BrN3OS/c1-10(2)5-7(6-11(3,4)15-10)16-9-14-13-8(12)17-9/h7,15H,5-6H2,1-4H3. The quantitative estimate of drug-likeness (QED) is 0.910. The lowest BCUT2D eigenvalue weighted by Crippen LogP contribution is -2.60. The zero-order chi connectivity index (χ0) is 12.7. The summed E-state index contributed by atoms with van der Waals surface area (Å²) in [4.78, 5) is 0. The maximum absolute atomic E-state index is 5.92. The summed E-state index contributed by atoms with van der Waals surface area (Å²) in [7, 11) is 0. The summed E-state index contributed by atoms with van der Waals surface area (Å²) >= 11 is 4.73. The van der Waals surface area contributed by atoms with Crippen LogP contribution in [0.4, 0.5) is 0 Å². The van der Waals surface area contributed by atoms with E-state index < -0.39 is 0 Å². The first-order valence-corrected chi connectivity index (χ1v) is 7.32. The van der Waals surface area contributed by atoms with E-state index in [2.05, 4.69) is 59.1 Å².